The first-order valence-corrected chi connectivity index (χ1v) is 8.05. The lowest BCUT2D eigenvalue weighted by Gasteiger charge is -2.32. The summed E-state index contributed by atoms with van der Waals surface area (Å²) in [6, 6.07) is 4.52. The molecule has 0 amide bonds. The maximum absolute atomic E-state index is 5.42. The van der Waals surface area contributed by atoms with Crippen LogP contribution in [0.3, 0.4) is 0 Å². The summed E-state index contributed by atoms with van der Waals surface area (Å²) in [7, 11) is 0. The van der Waals surface area contributed by atoms with E-state index in [4.69, 9.17) is 4.74 Å². The summed E-state index contributed by atoms with van der Waals surface area (Å²) in [5, 5.41) is 7.91. The van der Waals surface area contributed by atoms with Gasteiger partial charge in [0.05, 0.1) is 19.4 Å². The van der Waals surface area contributed by atoms with Crippen LogP contribution in [0.4, 0.5) is 5.82 Å². The number of fused-ring (bicyclic) bond motifs is 1. The molecule has 0 aromatic carbocycles. The summed E-state index contributed by atoms with van der Waals surface area (Å²) >= 11 is 0. The lowest BCUT2D eigenvalue weighted by molar-refractivity contribution is 0.0227. The molecule has 0 aliphatic carbocycles. The van der Waals surface area contributed by atoms with E-state index in [0.29, 0.717) is 12.0 Å². The van der Waals surface area contributed by atoms with Crippen molar-refractivity contribution in [2.75, 3.05) is 38.2 Å². The van der Waals surface area contributed by atoms with Crippen molar-refractivity contribution >= 4 is 11.5 Å². The Hall–Kier alpha value is -1.66. The van der Waals surface area contributed by atoms with Crippen LogP contribution in [0.5, 0.6) is 0 Å². The molecule has 1 fully saturated rings. The second kappa shape index (κ2) is 6.62. The number of aromatic nitrogens is 3. The number of hydrogen-bond acceptors (Lipinski definition) is 5. The van der Waals surface area contributed by atoms with Crippen molar-refractivity contribution in [3.63, 3.8) is 0 Å². The Balaban J connectivity index is 1.73. The van der Waals surface area contributed by atoms with E-state index in [1.807, 2.05) is 10.6 Å². The zero-order valence-electron chi connectivity index (χ0n) is 13.6. The monoisotopic (exact) mass is 303 g/mol. The molecular formula is C16H25N5O. The second-order valence-electron chi connectivity index (χ2n) is 6.20. The van der Waals surface area contributed by atoms with Gasteiger partial charge in [0.15, 0.2) is 5.65 Å². The van der Waals surface area contributed by atoms with E-state index in [0.717, 1.165) is 50.0 Å². The summed E-state index contributed by atoms with van der Waals surface area (Å²) < 4.78 is 7.29. The molecule has 6 heteroatoms. The van der Waals surface area contributed by atoms with Crippen LogP contribution in [0.15, 0.2) is 18.3 Å². The van der Waals surface area contributed by atoms with Crippen LogP contribution in [0.25, 0.3) is 5.65 Å². The lowest BCUT2D eigenvalue weighted by Crippen LogP contribution is -2.45. The van der Waals surface area contributed by atoms with Crippen LogP contribution in [-0.4, -0.2) is 58.4 Å². The van der Waals surface area contributed by atoms with E-state index in [2.05, 4.69) is 47.1 Å². The first-order chi connectivity index (χ1) is 10.6. The predicted molar refractivity (Wildman–Crippen MR) is 87.4 cm³/mol. The summed E-state index contributed by atoms with van der Waals surface area (Å²) in [6.07, 6.45) is 1.79. The van der Waals surface area contributed by atoms with E-state index >= 15 is 0 Å². The van der Waals surface area contributed by atoms with Gasteiger partial charge in [-0.05, 0) is 12.8 Å². The smallest absolute Gasteiger partial charge is 0.157 e. The molecule has 2 aromatic rings. The van der Waals surface area contributed by atoms with Crippen LogP contribution < -0.4 is 5.32 Å². The molecule has 0 radical (unpaired) electrons. The molecule has 1 atom stereocenters. The van der Waals surface area contributed by atoms with Gasteiger partial charge in [0.2, 0.25) is 0 Å². The predicted octanol–water partition coefficient (Wildman–Crippen LogP) is 1.99. The van der Waals surface area contributed by atoms with Crippen LogP contribution in [0.1, 0.15) is 32.4 Å². The molecule has 1 saturated heterocycles. The van der Waals surface area contributed by atoms with E-state index in [9.17, 15) is 0 Å². The molecule has 0 saturated carbocycles. The zero-order valence-corrected chi connectivity index (χ0v) is 13.6. The molecule has 0 bridgehead atoms. The molecule has 1 N–H and O–H groups in total. The van der Waals surface area contributed by atoms with Crippen molar-refractivity contribution in [3.05, 3.63) is 24.0 Å². The van der Waals surface area contributed by atoms with Crippen molar-refractivity contribution in [2.45, 2.75) is 32.7 Å². The van der Waals surface area contributed by atoms with Crippen molar-refractivity contribution < 1.29 is 4.74 Å². The Morgan fingerprint density at radius 3 is 2.77 bits per heavy atom. The maximum atomic E-state index is 5.42. The van der Waals surface area contributed by atoms with Gasteiger partial charge >= 0.3 is 0 Å². The Morgan fingerprint density at radius 2 is 2.05 bits per heavy atom. The largest absolute Gasteiger partial charge is 0.379 e. The van der Waals surface area contributed by atoms with Crippen LogP contribution in [-0.2, 0) is 4.74 Å². The maximum Gasteiger partial charge on any atom is 0.157 e. The minimum atomic E-state index is 0.400. The standard InChI is InChI=1S/C16H25N5O/c1-12(2)14-10-16(21-15(19-14)4-5-18-21)17-11-13(3)20-6-8-22-9-7-20/h4-5,10,12-13,17H,6-9,11H2,1-3H3/t13-/m0/s1. The molecule has 6 nitrogen and oxygen atoms in total. The van der Waals surface area contributed by atoms with Crippen molar-refractivity contribution in [1.82, 2.24) is 19.5 Å². The van der Waals surface area contributed by atoms with Gasteiger partial charge in [0.1, 0.15) is 5.82 Å². The molecule has 0 unspecified atom stereocenters. The molecule has 2 aromatic heterocycles. The van der Waals surface area contributed by atoms with Crippen LogP contribution in [0.2, 0.25) is 0 Å². The Bertz CT molecular complexity index is 618. The normalized spacial score (nSPS) is 18.0. The average molecular weight is 303 g/mol. The highest BCUT2D eigenvalue weighted by Gasteiger charge is 2.17. The number of nitrogens with one attached hydrogen (secondary N) is 1. The third kappa shape index (κ3) is 3.23. The van der Waals surface area contributed by atoms with Gasteiger partial charge in [-0.2, -0.15) is 9.61 Å². The molecule has 22 heavy (non-hydrogen) atoms. The SMILES string of the molecule is CC(C)c1cc(NC[C@H](C)N2CCOCC2)n2nccc2n1. The van der Waals surface area contributed by atoms with Gasteiger partial charge in [0.25, 0.3) is 0 Å². The summed E-state index contributed by atoms with van der Waals surface area (Å²) in [5.41, 5.74) is 1.99. The first kappa shape index (κ1) is 15.2. The highest BCUT2D eigenvalue weighted by molar-refractivity contribution is 5.49. The van der Waals surface area contributed by atoms with Gasteiger partial charge in [-0.3, -0.25) is 4.90 Å². The molecule has 120 valence electrons. The van der Waals surface area contributed by atoms with Crippen molar-refractivity contribution in [1.29, 1.82) is 0 Å². The fraction of sp³-hybridized carbons (Fsp3) is 0.625. The Morgan fingerprint density at radius 1 is 1.27 bits per heavy atom. The van der Waals surface area contributed by atoms with Crippen molar-refractivity contribution in [2.24, 2.45) is 0 Å². The van der Waals surface area contributed by atoms with Gasteiger partial charge < -0.3 is 10.1 Å². The van der Waals surface area contributed by atoms with E-state index < -0.39 is 0 Å². The lowest BCUT2D eigenvalue weighted by atomic mass is 10.1. The zero-order chi connectivity index (χ0) is 15.5. The molecule has 0 spiro atoms. The van der Waals surface area contributed by atoms with Gasteiger partial charge in [0, 0.05) is 43.5 Å². The van der Waals surface area contributed by atoms with Gasteiger partial charge in [-0.1, -0.05) is 13.8 Å². The van der Waals surface area contributed by atoms with Gasteiger partial charge in [-0.25, -0.2) is 4.98 Å². The topological polar surface area (TPSA) is 54.7 Å². The number of morpholine rings is 1. The Labute approximate surface area is 131 Å². The van der Waals surface area contributed by atoms with Crippen LogP contribution >= 0.6 is 0 Å². The first-order valence-electron chi connectivity index (χ1n) is 8.05. The highest BCUT2D eigenvalue weighted by atomic mass is 16.5. The summed E-state index contributed by atoms with van der Waals surface area (Å²) in [6.45, 7) is 11.1. The third-order valence-corrected chi connectivity index (χ3v) is 4.22. The fourth-order valence-electron chi connectivity index (χ4n) is 2.75. The van der Waals surface area contributed by atoms with E-state index in [-0.39, 0.29) is 0 Å². The molecule has 1 aliphatic heterocycles. The minimum Gasteiger partial charge on any atom is -0.379 e. The molecule has 3 rings (SSSR count). The quantitative estimate of drug-likeness (QED) is 0.915. The number of hydrogen-bond donors (Lipinski definition) is 1. The Kier molecular flexibility index (Phi) is 4.59. The second-order valence-corrected chi connectivity index (χ2v) is 6.20. The van der Waals surface area contributed by atoms with Gasteiger partial charge in [-0.15, -0.1) is 0 Å². The van der Waals surface area contributed by atoms with E-state index in [1.165, 1.54) is 0 Å². The average Bonchev–Trinajstić information content (AvgIpc) is 3.01. The molecular weight excluding hydrogens is 278 g/mol. The van der Waals surface area contributed by atoms with E-state index in [1.54, 1.807) is 6.20 Å². The number of anilines is 1. The highest BCUT2D eigenvalue weighted by Crippen LogP contribution is 2.19. The number of ether oxygens (including phenoxy) is 1. The number of rotatable bonds is 5. The van der Waals surface area contributed by atoms with Crippen molar-refractivity contribution in [3.8, 4) is 0 Å². The molecule has 1 aliphatic rings. The molecule has 3 heterocycles. The summed E-state index contributed by atoms with van der Waals surface area (Å²) in [5.74, 6) is 1.41. The van der Waals surface area contributed by atoms with Crippen LogP contribution in [0, 0.1) is 0 Å². The number of nitrogens with zero attached hydrogens (tertiary/aromatic N) is 4. The minimum absolute atomic E-state index is 0.400. The third-order valence-electron chi connectivity index (χ3n) is 4.22. The summed E-state index contributed by atoms with van der Waals surface area (Å²) in [4.78, 5) is 7.11. The fourth-order valence-corrected chi connectivity index (χ4v) is 2.75.